The molecule has 9 heteroatoms. The monoisotopic (exact) mass is 526 g/mol. The number of hydrogen-bond acceptors (Lipinski definition) is 8. The van der Waals surface area contributed by atoms with Crippen LogP contribution in [0.25, 0.3) is 0 Å². The number of pyridine rings is 2. The van der Waals surface area contributed by atoms with Gasteiger partial charge in [0.2, 0.25) is 5.91 Å². The Morgan fingerprint density at radius 3 is 2.55 bits per heavy atom. The number of amides is 1. The molecule has 0 bridgehead atoms. The van der Waals surface area contributed by atoms with Gasteiger partial charge in [0.05, 0.1) is 24.7 Å². The molecule has 3 aromatic heterocycles. The molecule has 1 N–H and O–H groups in total. The summed E-state index contributed by atoms with van der Waals surface area (Å²) in [6, 6.07) is 15.6. The zero-order valence-corrected chi connectivity index (χ0v) is 22.2. The summed E-state index contributed by atoms with van der Waals surface area (Å²) in [5, 5.41) is 13.4. The Bertz CT molecular complexity index is 1380. The summed E-state index contributed by atoms with van der Waals surface area (Å²) in [6.07, 6.45) is 8.18. The minimum absolute atomic E-state index is 0.0770. The van der Waals surface area contributed by atoms with Gasteiger partial charge in [-0.15, -0.1) is 21.5 Å². The first-order chi connectivity index (χ1) is 18.5. The number of anilines is 2. The van der Waals surface area contributed by atoms with Crippen molar-refractivity contribution in [3.63, 3.8) is 0 Å². The molecule has 4 heterocycles. The second-order valence-corrected chi connectivity index (χ2v) is 10.8. The number of aryl methyl sites for hydroxylation is 1. The van der Waals surface area contributed by atoms with Gasteiger partial charge >= 0.3 is 0 Å². The molecule has 0 spiro atoms. The number of carbonyl (C=O) groups excluding carboxylic acids is 2. The van der Waals surface area contributed by atoms with Crippen molar-refractivity contribution in [2.24, 2.45) is 0 Å². The highest BCUT2D eigenvalue weighted by atomic mass is 32.1. The minimum atomic E-state index is -0.0770. The average molecular weight is 527 g/mol. The zero-order chi connectivity index (χ0) is 26.3. The third-order valence-corrected chi connectivity index (χ3v) is 7.71. The van der Waals surface area contributed by atoms with E-state index in [2.05, 4.69) is 30.4 Å². The van der Waals surface area contributed by atoms with Crippen LogP contribution < -0.4 is 10.2 Å². The van der Waals surface area contributed by atoms with Crippen LogP contribution in [0.4, 0.5) is 11.5 Å². The molecule has 1 fully saturated rings. The van der Waals surface area contributed by atoms with Crippen molar-refractivity contribution in [1.82, 2.24) is 20.2 Å². The number of hydrogen-bond donors (Lipinski definition) is 1. The molecule has 1 aliphatic heterocycles. The largest absolute Gasteiger partial charge is 0.370 e. The van der Waals surface area contributed by atoms with Gasteiger partial charge in [-0.25, -0.2) is 4.98 Å². The van der Waals surface area contributed by atoms with Crippen molar-refractivity contribution < 1.29 is 9.59 Å². The zero-order valence-electron chi connectivity index (χ0n) is 21.3. The van der Waals surface area contributed by atoms with E-state index in [1.165, 1.54) is 0 Å². The Kier molecular flexibility index (Phi) is 8.13. The van der Waals surface area contributed by atoms with Crippen LogP contribution in [0.1, 0.15) is 45.5 Å². The molecule has 0 saturated carbocycles. The lowest BCUT2D eigenvalue weighted by molar-refractivity contribution is -0.118. The van der Waals surface area contributed by atoms with E-state index in [0.717, 1.165) is 58.3 Å². The number of nitrogens with one attached hydrogen (secondary N) is 1. The van der Waals surface area contributed by atoms with E-state index in [0.29, 0.717) is 31.0 Å². The molecule has 8 nitrogen and oxygen atoms in total. The minimum Gasteiger partial charge on any atom is -0.370 e. The van der Waals surface area contributed by atoms with Crippen LogP contribution in [0.15, 0.2) is 67.1 Å². The molecule has 5 rings (SSSR count). The molecule has 4 aromatic rings. The van der Waals surface area contributed by atoms with Crippen LogP contribution in [-0.2, 0) is 28.9 Å². The van der Waals surface area contributed by atoms with Crippen LogP contribution in [0.3, 0.4) is 0 Å². The summed E-state index contributed by atoms with van der Waals surface area (Å²) in [5.41, 5.74) is 4.08. The number of piperidine rings is 1. The predicted molar refractivity (Wildman–Crippen MR) is 148 cm³/mol. The standard InChI is InChI=1S/C29H30N6O2S/c1-20-4-2-5-21(14-20)16-27(37)32-26-8-7-24(19-31-26)35-12-9-23(10-13-35)29-34-33-28(38-29)17-25(36)15-22-6-3-11-30-18-22/h2-8,11,14,18-19,23H,9-10,12-13,15-17H2,1H3,(H,31,32,37). The maximum absolute atomic E-state index is 12.4. The van der Waals surface area contributed by atoms with Gasteiger partial charge in [0.15, 0.2) is 0 Å². The second kappa shape index (κ2) is 12.0. The molecule has 1 amide bonds. The Morgan fingerprint density at radius 2 is 1.82 bits per heavy atom. The van der Waals surface area contributed by atoms with Gasteiger partial charge in [0, 0.05) is 37.8 Å². The lowest BCUT2D eigenvalue weighted by Crippen LogP contribution is -2.32. The van der Waals surface area contributed by atoms with E-state index in [9.17, 15) is 9.59 Å². The quantitative estimate of drug-likeness (QED) is 0.341. The molecule has 1 saturated heterocycles. The number of carbonyl (C=O) groups is 2. The Labute approximate surface area is 226 Å². The number of nitrogens with zero attached hydrogens (tertiary/aromatic N) is 5. The highest BCUT2D eigenvalue weighted by Crippen LogP contribution is 2.32. The van der Waals surface area contributed by atoms with E-state index < -0.39 is 0 Å². The molecule has 1 aliphatic rings. The molecule has 1 aromatic carbocycles. The van der Waals surface area contributed by atoms with Crippen LogP contribution in [0.5, 0.6) is 0 Å². The topological polar surface area (TPSA) is 101 Å². The van der Waals surface area contributed by atoms with Crippen LogP contribution >= 0.6 is 11.3 Å². The Hall–Kier alpha value is -3.98. The van der Waals surface area contributed by atoms with E-state index in [4.69, 9.17) is 0 Å². The van der Waals surface area contributed by atoms with Crippen molar-refractivity contribution in [2.75, 3.05) is 23.3 Å². The molecular weight excluding hydrogens is 496 g/mol. The summed E-state index contributed by atoms with van der Waals surface area (Å²) < 4.78 is 0. The molecule has 194 valence electrons. The third-order valence-electron chi connectivity index (χ3n) is 6.63. The molecular formula is C29H30N6O2S. The summed E-state index contributed by atoms with van der Waals surface area (Å²) in [7, 11) is 0. The van der Waals surface area contributed by atoms with E-state index >= 15 is 0 Å². The van der Waals surface area contributed by atoms with E-state index in [1.54, 1.807) is 23.7 Å². The Balaban J connectivity index is 1.09. The fourth-order valence-electron chi connectivity index (χ4n) is 4.69. The smallest absolute Gasteiger partial charge is 0.229 e. The SMILES string of the molecule is Cc1cccc(CC(=O)Nc2ccc(N3CCC(c4nnc(CC(=O)Cc5cccnc5)s4)CC3)cn2)c1. The van der Waals surface area contributed by atoms with Crippen molar-refractivity contribution in [2.45, 2.75) is 44.9 Å². The molecule has 0 radical (unpaired) electrons. The lowest BCUT2D eigenvalue weighted by atomic mass is 9.97. The van der Waals surface area contributed by atoms with Gasteiger partial charge in [0.1, 0.15) is 21.6 Å². The van der Waals surface area contributed by atoms with Crippen LogP contribution in [0.2, 0.25) is 0 Å². The highest BCUT2D eigenvalue weighted by molar-refractivity contribution is 7.11. The number of aromatic nitrogens is 4. The highest BCUT2D eigenvalue weighted by Gasteiger charge is 2.24. The summed E-state index contributed by atoms with van der Waals surface area (Å²) in [5.74, 6) is 0.949. The van der Waals surface area contributed by atoms with Crippen molar-refractivity contribution in [1.29, 1.82) is 0 Å². The summed E-state index contributed by atoms with van der Waals surface area (Å²) in [6.45, 7) is 3.80. The number of benzene rings is 1. The van der Waals surface area contributed by atoms with Crippen molar-refractivity contribution in [3.05, 3.63) is 93.8 Å². The van der Waals surface area contributed by atoms with E-state index in [-0.39, 0.29) is 11.7 Å². The first-order valence-corrected chi connectivity index (χ1v) is 13.6. The first kappa shape index (κ1) is 25.7. The molecule has 0 aliphatic carbocycles. The Morgan fingerprint density at radius 1 is 0.974 bits per heavy atom. The number of Topliss-reactive ketones (excluding diaryl/α,β-unsaturated/α-hetero) is 1. The maximum Gasteiger partial charge on any atom is 0.229 e. The van der Waals surface area contributed by atoms with Gasteiger partial charge in [-0.1, -0.05) is 35.9 Å². The van der Waals surface area contributed by atoms with E-state index in [1.807, 2.05) is 61.7 Å². The fraction of sp³-hybridized carbons (Fsp3) is 0.310. The van der Waals surface area contributed by atoms with Gasteiger partial charge in [-0.3, -0.25) is 14.6 Å². The van der Waals surface area contributed by atoms with Crippen LogP contribution in [0, 0.1) is 6.92 Å². The fourth-order valence-corrected chi connectivity index (χ4v) is 5.73. The van der Waals surface area contributed by atoms with Crippen molar-refractivity contribution in [3.8, 4) is 0 Å². The number of rotatable bonds is 9. The average Bonchev–Trinajstić information content (AvgIpc) is 3.38. The maximum atomic E-state index is 12.4. The predicted octanol–water partition coefficient (Wildman–Crippen LogP) is 4.56. The van der Waals surface area contributed by atoms with Gasteiger partial charge < -0.3 is 10.2 Å². The van der Waals surface area contributed by atoms with Crippen LogP contribution in [-0.4, -0.2) is 44.9 Å². The molecule has 0 unspecified atom stereocenters. The first-order valence-electron chi connectivity index (χ1n) is 12.8. The van der Waals surface area contributed by atoms with Gasteiger partial charge in [0.25, 0.3) is 0 Å². The van der Waals surface area contributed by atoms with Gasteiger partial charge in [-0.05, 0) is 49.1 Å². The third kappa shape index (κ3) is 6.86. The van der Waals surface area contributed by atoms with Gasteiger partial charge in [-0.2, -0.15) is 0 Å². The molecule has 38 heavy (non-hydrogen) atoms. The second-order valence-electron chi connectivity index (χ2n) is 9.66. The van der Waals surface area contributed by atoms with Crippen molar-refractivity contribution >= 4 is 34.5 Å². The summed E-state index contributed by atoms with van der Waals surface area (Å²) in [4.78, 5) is 35.7. The molecule has 0 atom stereocenters. The summed E-state index contributed by atoms with van der Waals surface area (Å²) >= 11 is 1.55. The normalized spacial score (nSPS) is 13.9. The number of ketones is 1. The lowest BCUT2D eigenvalue weighted by Gasteiger charge is -2.32.